The summed E-state index contributed by atoms with van der Waals surface area (Å²) in [6.45, 7) is 5.43. The van der Waals surface area contributed by atoms with Crippen molar-refractivity contribution in [1.29, 1.82) is 0 Å². The van der Waals surface area contributed by atoms with E-state index in [0.717, 1.165) is 69.3 Å². The van der Waals surface area contributed by atoms with E-state index in [1.165, 1.54) is 5.69 Å². The van der Waals surface area contributed by atoms with Crippen molar-refractivity contribution in [1.82, 2.24) is 9.97 Å². The van der Waals surface area contributed by atoms with Crippen LogP contribution in [0.5, 0.6) is 0 Å². The zero-order chi connectivity index (χ0) is 18.6. The Bertz CT molecular complexity index is 757. The number of rotatable bonds is 4. The third-order valence-electron chi connectivity index (χ3n) is 5.42. The molecular weight excluding hydrogens is 364 g/mol. The van der Waals surface area contributed by atoms with Crippen molar-refractivity contribution >= 4 is 23.1 Å². The van der Waals surface area contributed by atoms with Crippen LogP contribution in [0.1, 0.15) is 12.8 Å². The highest BCUT2D eigenvalue weighted by atomic mass is 35.5. The fourth-order valence-electron chi connectivity index (χ4n) is 3.72. The second-order valence-corrected chi connectivity index (χ2v) is 7.48. The van der Waals surface area contributed by atoms with E-state index < -0.39 is 0 Å². The first-order valence-electron chi connectivity index (χ1n) is 9.56. The van der Waals surface area contributed by atoms with Crippen LogP contribution in [-0.4, -0.2) is 61.1 Å². The number of anilines is 2. The Hall–Kier alpha value is -1.89. The van der Waals surface area contributed by atoms with Crippen molar-refractivity contribution in [2.45, 2.75) is 12.8 Å². The fraction of sp³-hybridized carbons (Fsp3) is 0.500. The summed E-state index contributed by atoms with van der Waals surface area (Å²) >= 11 is 6.22. The van der Waals surface area contributed by atoms with Crippen LogP contribution in [0.15, 0.2) is 30.3 Å². The zero-order valence-electron chi connectivity index (χ0n) is 15.4. The van der Waals surface area contributed by atoms with E-state index in [1.807, 2.05) is 6.07 Å². The van der Waals surface area contributed by atoms with Gasteiger partial charge in [-0.3, -0.25) is 0 Å². The number of hydrogen-bond donors (Lipinski definition) is 1. The largest absolute Gasteiger partial charge is 0.396 e. The van der Waals surface area contributed by atoms with Crippen LogP contribution in [0.25, 0.3) is 11.3 Å². The minimum absolute atomic E-state index is 0.263. The molecule has 2 fully saturated rings. The average Bonchev–Trinajstić information content (AvgIpc) is 2.74. The van der Waals surface area contributed by atoms with Crippen LogP contribution >= 0.6 is 11.6 Å². The lowest BCUT2D eigenvalue weighted by atomic mass is 9.98. The first-order valence-corrected chi connectivity index (χ1v) is 9.94. The predicted octanol–water partition coefficient (Wildman–Crippen LogP) is 2.84. The van der Waals surface area contributed by atoms with Crippen molar-refractivity contribution in [3.8, 4) is 11.3 Å². The highest BCUT2D eigenvalue weighted by Gasteiger charge is 2.20. The summed E-state index contributed by atoms with van der Waals surface area (Å²) in [5.74, 6) is 1.25. The van der Waals surface area contributed by atoms with Crippen molar-refractivity contribution in [2.24, 2.45) is 5.92 Å². The maximum absolute atomic E-state index is 9.33. The third-order valence-corrected chi connectivity index (χ3v) is 5.59. The highest BCUT2D eigenvalue weighted by molar-refractivity contribution is 6.28. The number of benzene rings is 1. The van der Waals surface area contributed by atoms with Crippen LogP contribution in [0.4, 0.5) is 11.5 Å². The minimum Gasteiger partial charge on any atom is -0.396 e. The molecule has 0 bridgehead atoms. The molecule has 3 heterocycles. The minimum atomic E-state index is 0.263. The Kier molecular flexibility index (Phi) is 5.76. The molecule has 0 atom stereocenters. The molecule has 0 saturated carbocycles. The first-order chi connectivity index (χ1) is 13.2. The molecule has 27 heavy (non-hydrogen) atoms. The van der Waals surface area contributed by atoms with E-state index in [2.05, 4.69) is 44.0 Å². The lowest BCUT2D eigenvalue weighted by Gasteiger charge is -2.32. The van der Waals surface area contributed by atoms with Gasteiger partial charge in [0.1, 0.15) is 5.82 Å². The molecule has 2 saturated heterocycles. The number of morpholine rings is 1. The van der Waals surface area contributed by atoms with Gasteiger partial charge in [0.2, 0.25) is 5.28 Å². The number of aliphatic hydroxyl groups excluding tert-OH is 1. The number of nitrogens with zero attached hydrogens (tertiary/aromatic N) is 4. The molecular formula is C20H25ClN4O2. The molecule has 0 aliphatic carbocycles. The monoisotopic (exact) mass is 388 g/mol. The van der Waals surface area contributed by atoms with Gasteiger partial charge >= 0.3 is 0 Å². The normalized spacial score (nSPS) is 18.7. The SMILES string of the molecule is OCC1CCN(c2cc(-c3ccc(N4CCOCC4)cc3)nc(Cl)n2)CC1. The van der Waals surface area contributed by atoms with Crippen LogP contribution in [0.2, 0.25) is 5.28 Å². The first kappa shape index (κ1) is 18.5. The van der Waals surface area contributed by atoms with E-state index in [4.69, 9.17) is 16.3 Å². The van der Waals surface area contributed by atoms with Crippen molar-refractivity contribution < 1.29 is 9.84 Å². The van der Waals surface area contributed by atoms with E-state index in [-0.39, 0.29) is 11.9 Å². The molecule has 4 rings (SSSR count). The van der Waals surface area contributed by atoms with E-state index in [1.54, 1.807) is 0 Å². The molecule has 6 nitrogen and oxygen atoms in total. The number of halogens is 1. The second-order valence-electron chi connectivity index (χ2n) is 7.14. The maximum Gasteiger partial charge on any atom is 0.224 e. The molecule has 0 radical (unpaired) electrons. The Balaban J connectivity index is 1.52. The highest BCUT2D eigenvalue weighted by Crippen LogP contribution is 2.28. The summed E-state index contributed by atoms with van der Waals surface area (Å²) in [5, 5.41) is 9.59. The van der Waals surface area contributed by atoms with Gasteiger partial charge < -0.3 is 19.6 Å². The average molecular weight is 389 g/mol. The number of hydrogen-bond acceptors (Lipinski definition) is 6. The molecule has 0 amide bonds. The molecule has 0 spiro atoms. The fourth-order valence-corrected chi connectivity index (χ4v) is 3.90. The summed E-state index contributed by atoms with van der Waals surface area (Å²) in [4.78, 5) is 13.4. The quantitative estimate of drug-likeness (QED) is 0.813. The Morgan fingerprint density at radius 2 is 1.70 bits per heavy atom. The molecule has 2 aliphatic heterocycles. The van der Waals surface area contributed by atoms with Gasteiger partial charge in [0.05, 0.1) is 18.9 Å². The van der Waals surface area contributed by atoms with Crippen LogP contribution in [0, 0.1) is 5.92 Å². The summed E-state index contributed by atoms with van der Waals surface area (Å²) < 4.78 is 5.42. The van der Waals surface area contributed by atoms with Crippen LogP contribution < -0.4 is 9.80 Å². The van der Waals surface area contributed by atoms with Crippen molar-refractivity contribution in [3.63, 3.8) is 0 Å². The van der Waals surface area contributed by atoms with Gasteiger partial charge in [0.25, 0.3) is 0 Å². The molecule has 1 N–H and O–H groups in total. The standard InChI is InChI=1S/C20H25ClN4O2/c21-20-22-18(13-19(23-20)25-7-5-15(14-26)6-8-25)16-1-3-17(4-2-16)24-9-11-27-12-10-24/h1-4,13,15,26H,5-12,14H2. The molecule has 144 valence electrons. The Labute approximate surface area is 164 Å². The van der Waals surface area contributed by atoms with E-state index in [9.17, 15) is 5.11 Å². The Morgan fingerprint density at radius 1 is 1.00 bits per heavy atom. The summed E-state index contributed by atoms with van der Waals surface area (Å²) in [6.07, 6.45) is 1.95. The predicted molar refractivity (Wildman–Crippen MR) is 108 cm³/mol. The number of ether oxygens (including phenoxy) is 1. The number of aliphatic hydroxyl groups is 1. The second kappa shape index (κ2) is 8.42. The number of aromatic nitrogens is 2. The van der Waals surface area contributed by atoms with Gasteiger partial charge in [0.15, 0.2) is 0 Å². The summed E-state index contributed by atoms with van der Waals surface area (Å²) in [5.41, 5.74) is 3.07. The molecule has 0 unspecified atom stereocenters. The lowest BCUT2D eigenvalue weighted by molar-refractivity contribution is 0.122. The van der Waals surface area contributed by atoms with E-state index >= 15 is 0 Å². The maximum atomic E-state index is 9.33. The van der Waals surface area contributed by atoms with Gasteiger partial charge in [-0.15, -0.1) is 0 Å². The molecule has 1 aromatic heterocycles. The third kappa shape index (κ3) is 4.34. The summed E-state index contributed by atoms with van der Waals surface area (Å²) in [6, 6.07) is 10.4. The molecule has 1 aromatic carbocycles. The Morgan fingerprint density at radius 3 is 2.37 bits per heavy atom. The van der Waals surface area contributed by atoms with Gasteiger partial charge in [-0.05, 0) is 42.5 Å². The van der Waals surface area contributed by atoms with Gasteiger partial charge in [0, 0.05) is 50.1 Å². The number of piperidine rings is 1. The molecule has 2 aromatic rings. The molecule has 2 aliphatic rings. The van der Waals surface area contributed by atoms with Gasteiger partial charge in [-0.25, -0.2) is 9.97 Å². The van der Waals surface area contributed by atoms with Crippen LogP contribution in [-0.2, 0) is 4.74 Å². The summed E-state index contributed by atoms with van der Waals surface area (Å²) in [7, 11) is 0. The smallest absolute Gasteiger partial charge is 0.224 e. The lowest BCUT2D eigenvalue weighted by Crippen LogP contribution is -2.36. The van der Waals surface area contributed by atoms with Gasteiger partial charge in [-0.1, -0.05) is 12.1 Å². The van der Waals surface area contributed by atoms with Crippen molar-refractivity contribution in [3.05, 3.63) is 35.6 Å². The zero-order valence-corrected chi connectivity index (χ0v) is 16.1. The van der Waals surface area contributed by atoms with Crippen LogP contribution in [0.3, 0.4) is 0 Å². The van der Waals surface area contributed by atoms with Crippen molar-refractivity contribution in [2.75, 3.05) is 55.8 Å². The molecule has 7 heteroatoms. The van der Waals surface area contributed by atoms with Gasteiger partial charge in [-0.2, -0.15) is 0 Å². The topological polar surface area (TPSA) is 61.7 Å². The van der Waals surface area contributed by atoms with E-state index in [0.29, 0.717) is 5.92 Å².